The molecule has 0 aliphatic heterocycles. The highest BCUT2D eigenvalue weighted by Crippen LogP contribution is 2.30. The van der Waals surface area contributed by atoms with E-state index in [0.717, 1.165) is 46.5 Å². The van der Waals surface area contributed by atoms with Gasteiger partial charge in [-0.2, -0.15) is 0 Å². The number of nitrogens with zero attached hydrogens (tertiary/aromatic N) is 1. The summed E-state index contributed by atoms with van der Waals surface area (Å²) in [6, 6.07) is 11.0. The minimum Gasteiger partial charge on any atom is -0.460 e. The van der Waals surface area contributed by atoms with Gasteiger partial charge >= 0.3 is 5.97 Å². The average Bonchev–Trinajstić information content (AvgIpc) is 3.17. The normalized spacial score (nSPS) is 12.1. The number of primary amides is 1. The zero-order chi connectivity index (χ0) is 24.0. The summed E-state index contributed by atoms with van der Waals surface area (Å²) in [4.78, 5) is 31.2. The number of aromatic amines is 1. The fraction of sp³-hybridized carbons (Fsp3) is 0.346. The maximum absolute atomic E-state index is 12.0. The Morgan fingerprint density at radius 3 is 2.52 bits per heavy atom. The third-order valence-electron chi connectivity index (χ3n) is 5.00. The standard InChI is InChI=1S/C26H32N4O3/c1-5-7-17(8-6-9-23(31)33-26(2,3)4)22-16-20-21(14-15-28-25(20)30-22)29-19-12-10-18(11-13-19)24(27)32/h8,10-16H,5-7,9H2,1-4H3,(H2,27,32)(H2,28,29,30)/b17-8+. The van der Waals surface area contributed by atoms with Crippen LogP contribution in [0.15, 0.2) is 48.7 Å². The number of H-pyrrole nitrogens is 1. The molecule has 0 saturated heterocycles. The third-order valence-corrected chi connectivity index (χ3v) is 5.00. The van der Waals surface area contributed by atoms with Gasteiger partial charge in [-0.15, -0.1) is 0 Å². The van der Waals surface area contributed by atoms with Crippen molar-refractivity contribution in [3.63, 3.8) is 0 Å². The number of hydrogen-bond donors (Lipinski definition) is 3. The quantitative estimate of drug-likeness (QED) is 0.363. The van der Waals surface area contributed by atoms with Gasteiger partial charge in [-0.25, -0.2) is 4.98 Å². The Bertz CT molecular complexity index is 1150. The number of amides is 1. The van der Waals surface area contributed by atoms with Gasteiger partial charge in [0, 0.05) is 34.9 Å². The minimum atomic E-state index is -0.473. The van der Waals surface area contributed by atoms with E-state index in [0.29, 0.717) is 18.4 Å². The van der Waals surface area contributed by atoms with E-state index < -0.39 is 11.5 Å². The molecule has 7 heteroatoms. The van der Waals surface area contributed by atoms with E-state index in [9.17, 15) is 9.59 Å². The van der Waals surface area contributed by atoms with Crippen LogP contribution in [0.4, 0.5) is 11.4 Å². The van der Waals surface area contributed by atoms with Crippen LogP contribution in [0.3, 0.4) is 0 Å². The van der Waals surface area contributed by atoms with Crippen molar-refractivity contribution in [2.45, 2.75) is 59.0 Å². The molecule has 1 amide bonds. The van der Waals surface area contributed by atoms with E-state index in [1.165, 1.54) is 0 Å². The topological polar surface area (TPSA) is 110 Å². The minimum absolute atomic E-state index is 0.193. The zero-order valence-corrected chi connectivity index (χ0v) is 19.7. The first kappa shape index (κ1) is 24.0. The number of benzene rings is 1. The number of nitrogens with two attached hydrogens (primary N) is 1. The number of allylic oxidation sites excluding steroid dienone is 2. The lowest BCUT2D eigenvalue weighted by Crippen LogP contribution is -2.23. The van der Waals surface area contributed by atoms with Crippen LogP contribution in [-0.4, -0.2) is 27.4 Å². The van der Waals surface area contributed by atoms with Crippen LogP contribution in [-0.2, 0) is 9.53 Å². The first-order valence-corrected chi connectivity index (χ1v) is 11.2. The first-order chi connectivity index (χ1) is 15.7. The molecule has 3 aromatic rings. The number of anilines is 2. The molecule has 7 nitrogen and oxygen atoms in total. The van der Waals surface area contributed by atoms with Crippen molar-refractivity contribution in [1.82, 2.24) is 9.97 Å². The van der Waals surface area contributed by atoms with Crippen molar-refractivity contribution in [3.05, 3.63) is 59.9 Å². The lowest BCUT2D eigenvalue weighted by atomic mass is 10.0. The van der Waals surface area contributed by atoms with Crippen LogP contribution in [0.5, 0.6) is 0 Å². The van der Waals surface area contributed by atoms with Gasteiger partial charge in [0.1, 0.15) is 11.2 Å². The van der Waals surface area contributed by atoms with Crippen LogP contribution in [0.1, 0.15) is 69.4 Å². The summed E-state index contributed by atoms with van der Waals surface area (Å²) < 4.78 is 5.41. The second-order valence-corrected chi connectivity index (χ2v) is 8.97. The maximum atomic E-state index is 12.0. The molecule has 0 atom stereocenters. The van der Waals surface area contributed by atoms with Gasteiger partial charge < -0.3 is 20.8 Å². The van der Waals surface area contributed by atoms with Crippen molar-refractivity contribution in [2.24, 2.45) is 5.73 Å². The highest BCUT2D eigenvalue weighted by molar-refractivity contribution is 5.95. The van der Waals surface area contributed by atoms with E-state index in [4.69, 9.17) is 10.5 Å². The summed E-state index contributed by atoms with van der Waals surface area (Å²) in [6.45, 7) is 7.75. The van der Waals surface area contributed by atoms with Gasteiger partial charge in [0.05, 0.1) is 5.69 Å². The van der Waals surface area contributed by atoms with E-state index in [-0.39, 0.29) is 5.97 Å². The van der Waals surface area contributed by atoms with Crippen molar-refractivity contribution < 1.29 is 14.3 Å². The molecule has 0 saturated carbocycles. The van der Waals surface area contributed by atoms with Crippen molar-refractivity contribution >= 4 is 39.9 Å². The number of carbonyl (C=O) groups excluding carboxylic acids is 2. The van der Waals surface area contributed by atoms with Crippen LogP contribution in [0.25, 0.3) is 16.6 Å². The van der Waals surface area contributed by atoms with E-state index in [1.807, 2.05) is 39.0 Å². The summed E-state index contributed by atoms with van der Waals surface area (Å²) in [7, 11) is 0. The number of carbonyl (C=O) groups is 2. The van der Waals surface area contributed by atoms with Crippen molar-refractivity contribution in [1.29, 1.82) is 0 Å². The largest absolute Gasteiger partial charge is 0.460 e. The van der Waals surface area contributed by atoms with Crippen LogP contribution >= 0.6 is 0 Å². The zero-order valence-electron chi connectivity index (χ0n) is 19.7. The number of esters is 1. The number of hydrogen-bond acceptors (Lipinski definition) is 5. The Morgan fingerprint density at radius 2 is 1.88 bits per heavy atom. The molecule has 174 valence electrons. The molecule has 1 aromatic carbocycles. The Morgan fingerprint density at radius 1 is 1.15 bits per heavy atom. The maximum Gasteiger partial charge on any atom is 0.306 e. The van der Waals surface area contributed by atoms with Gasteiger partial charge in [0.2, 0.25) is 5.91 Å². The predicted octanol–water partition coefficient (Wildman–Crippen LogP) is 5.71. The molecule has 0 spiro atoms. The SMILES string of the molecule is CCC/C(=C\CCC(=O)OC(C)(C)C)c1cc2c(Nc3ccc(C(N)=O)cc3)ccnc2[nH]1. The van der Waals surface area contributed by atoms with Crippen molar-refractivity contribution in [3.8, 4) is 0 Å². The fourth-order valence-electron chi connectivity index (χ4n) is 3.56. The molecule has 0 aliphatic rings. The molecule has 2 heterocycles. The van der Waals surface area contributed by atoms with E-state index in [1.54, 1.807) is 18.3 Å². The van der Waals surface area contributed by atoms with Crippen molar-refractivity contribution in [2.75, 3.05) is 5.32 Å². The molecular formula is C26H32N4O3. The highest BCUT2D eigenvalue weighted by atomic mass is 16.6. The average molecular weight is 449 g/mol. The number of fused-ring (bicyclic) bond motifs is 1. The monoisotopic (exact) mass is 448 g/mol. The van der Waals surface area contributed by atoms with Crippen LogP contribution in [0, 0.1) is 0 Å². The summed E-state index contributed by atoms with van der Waals surface area (Å²) in [5, 5.41) is 4.34. The summed E-state index contributed by atoms with van der Waals surface area (Å²) in [5.41, 5.74) is 9.97. The Hall–Kier alpha value is -3.61. The number of aromatic nitrogens is 2. The van der Waals surface area contributed by atoms with Crippen LogP contribution in [0.2, 0.25) is 0 Å². The number of pyridine rings is 1. The second kappa shape index (κ2) is 10.3. The molecule has 33 heavy (non-hydrogen) atoms. The Kier molecular flexibility index (Phi) is 7.53. The molecular weight excluding hydrogens is 416 g/mol. The summed E-state index contributed by atoms with van der Waals surface area (Å²) in [5.74, 6) is -0.646. The fourth-order valence-corrected chi connectivity index (χ4v) is 3.56. The molecule has 0 aliphatic carbocycles. The van der Waals surface area contributed by atoms with Gasteiger partial charge in [-0.1, -0.05) is 19.4 Å². The predicted molar refractivity (Wildman–Crippen MR) is 132 cm³/mol. The Labute approximate surface area is 194 Å². The molecule has 2 aromatic heterocycles. The first-order valence-electron chi connectivity index (χ1n) is 11.2. The molecule has 4 N–H and O–H groups in total. The lowest BCUT2D eigenvalue weighted by molar-refractivity contribution is -0.154. The second-order valence-electron chi connectivity index (χ2n) is 8.97. The molecule has 0 radical (unpaired) electrons. The van der Waals surface area contributed by atoms with Gasteiger partial charge in [0.15, 0.2) is 0 Å². The third kappa shape index (κ3) is 6.68. The number of nitrogens with one attached hydrogen (secondary N) is 2. The molecule has 0 unspecified atom stereocenters. The number of rotatable bonds is 9. The van der Waals surface area contributed by atoms with E-state index >= 15 is 0 Å². The van der Waals surface area contributed by atoms with Gasteiger partial charge in [0.25, 0.3) is 0 Å². The lowest BCUT2D eigenvalue weighted by Gasteiger charge is -2.19. The number of ether oxygens (including phenoxy) is 1. The molecule has 3 rings (SSSR count). The van der Waals surface area contributed by atoms with Gasteiger partial charge in [-0.3, -0.25) is 9.59 Å². The summed E-state index contributed by atoms with van der Waals surface area (Å²) >= 11 is 0. The Balaban J connectivity index is 1.80. The van der Waals surface area contributed by atoms with E-state index in [2.05, 4.69) is 34.4 Å². The summed E-state index contributed by atoms with van der Waals surface area (Å²) in [6.07, 6.45) is 6.68. The molecule has 0 bridgehead atoms. The van der Waals surface area contributed by atoms with Gasteiger partial charge in [-0.05, 0) is 75.6 Å². The molecule has 0 fully saturated rings. The van der Waals surface area contributed by atoms with Crippen LogP contribution < -0.4 is 11.1 Å². The smallest absolute Gasteiger partial charge is 0.306 e. The highest BCUT2D eigenvalue weighted by Gasteiger charge is 2.16.